The van der Waals surface area contributed by atoms with Crippen molar-refractivity contribution in [2.45, 2.75) is 32.7 Å². The van der Waals surface area contributed by atoms with Crippen LogP contribution in [0.3, 0.4) is 0 Å². The number of ether oxygens (including phenoxy) is 1. The Bertz CT molecular complexity index is 307. The molecule has 0 bridgehead atoms. The molecule has 0 atom stereocenters. The summed E-state index contributed by atoms with van der Waals surface area (Å²) in [5.74, 6) is 0. The van der Waals surface area contributed by atoms with Gasteiger partial charge in [-0.1, -0.05) is 13.3 Å². The van der Waals surface area contributed by atoms with E-state index in [1.54, 1.807) is 6.20 Å². The van der Waals surface area contributed by atoms with E-state index in [4.69, 9.17) is 4.74 Å². The van der Waals surface area contributed by atoms with E-state index in [1.807, 2.05) is 6.20 Å². The molecule has 0 aliphatic carbocycles. The highest BCUT2D eigenvalue weighted by Crippen LogP contribution is 2.08. The van der Waals surface area contributed by atoms with E-state index in [-0.39, 0.29) is 0 Å². The van der Waals surface area contributed by atoms with Crippen LogP contribution in [0.4, 0.5) is 0 Å². The molecular weight excluding hydrogens is 280 g/mol. The summed E-state index contributed by atoms with van der Waals surface area (Å²) >= 11 is 3.41. The summed E-state index contributed by atoms with van der Waals surface area (Å²) in [5, 5.41) is 3.38. The standard InChI is InChI=1S/C13H21BrN2O/c1-2-3-6-17-7-4-5-15-9-12-8-13(14)11-16-10-12/h8,10-11,15H,2-7,9H2,1H3. The topological polar surface area (TPSA) is 34.1 Å². The minimum atomic E-state index is 0.851. The molecule has 0 aromatic carbocycles. The second-order valence-corrected chi connectivity index (χ2v) is 4.92. The first-order valence-electron chi connectivity index (χ1n) is 6.21. The van der Waals surface area contributed by atoms with Crippen LogP contribution < -0.4 is 5.32 Å². The molecule has 1 aromatic rings. The lowest BCUT2D eigenvalue weighted by molar-refractivity contribution is 0.129. The lowest BCUT2D eigenvalue weighted by Gasteiger charge is -2.05. The molecule has 0 spiro atoms. The van der Waals surface area contributed by atoms with Crippen molar-refractivity contribution in [3.05, 3.63) is 28.5 Å². The van der Waals surface area contributed by atoms with E-state index >= 15 is 0 Å². The van der Waals surface area contributed by atoms with Gasteiger partial charge in [0.05, 0.1) is 0 Å². The Morgan fingerprint density at radius 2 is 2.12 bits per heavy atom. The van der Waals surface area contributed by atoms with Gasteiger partial charge in [-0.15, -0.1) is 0 Å². The molecule has 1 heterocycles. The van der Waals surface area contributed by atoms with Crippen LogP contribution in [-0.4, -0.2) is 24.7 Å². The molecule has 1 rings (SSSR count). The van der Waals surface area contributed by atoms with Gasteiger partial charge in [-0.05, 0) is 46.9 Å². The highest BCUT2D eigenvalue weighted by atomic mass is 79.9. The molecule has 0 aliphatic rings. The zero-order valence-corrected chi connectivity index (χ0v) is 12.0. The second-order valence-electron chi connectivity index (χ2n) is 4.01. The van der Waals surface area contributed by atoms with E-state index in [0.29, 0.717) is 0 Å². The average molecular weight is 301 g/mol. The molecular formula is C13H21BrN2O. The highest BCUT2D eigenvalue weighted by molar-refractivity contribution is 9.10. The summed E-state index contributed by atoms with van der Waals surface area (Å²) in [4.78, 5) is 4.12. The number of rotatable bonds is 9. The molecule has 4 heteroatoms. The van der Waals surface area contributed by atoms with Crippen LogP contribution in [0.25, 0.3) is 0 Å². The van der Waals surface area contributed by atoms with Gasteiger partial charge in [0.25, 0.3) is 0 Å². The molecule has 0 unspecified atom stereocenters. The molecule has 1 N–H and O–H groups in total. The maximum atomic E-state index is 5.49. The highest BCUT2D eigenvalue weighted by Gasteiger charge is 1.94. The SMILES string of the molecule is CCCCOCCCNCc1cncc(Br)c1. The van der Waals surface area contributed by atoms with Gasteiger partial charge >= 0.3 is 0 Å². The maximum absolute atomic E-state index is 5.49. The lowest BCUT2D eigenvalue weighted by Crippen LogP contribution is -2.16. The second kappa shape index (κ2) is 9.57. The van der Waals surface area contributed by atoms with Crippen molar-refractivity contribution < 1.29 is 4.74 Å². The summed E-state index contributed by atoms with van der Waals surface area (Å²) in [6, 6.07) is 2.08. The zero-order chi connectivity index (χ0) is 12.3. The van der Waals surface area contributed by atoms with Crippen LogP contribution in [0, 0.1) is 0 Å². The van der Waals surface area contributed by atoms with Crippen molar-refractivity contribution in [1.29, 1.82) is 0 Å². The Hall–Kier alpha value is -0.450. The van der Waals surface area contributed by atoms with Gasteiger partial charge in [0.15, 0.2) is 0 Å². The Balaban J connectivity index is 1.97. The van der Waals surface area contributed by atoms with Crippen molar-refractivity contribution >= 4 is 15.9 Å². The molecule has 0 amide bonds. The van der Waals surface area contributed by atoms with Crippen LogP contribution in [0.1, 0.15) is 31.7 Å². The van der Waals surface area contributed by atoms with Gasteiger partial charge in [0.2, 0.25) is 0 Å². The monoisotopic (exact) mass is 300 g/mol. The van der Waals surface area contributed by atoms with Crippen molar-refractivity contribution in [2.24, 2.45) is 0 Å². The van der Waals surface area contributed by atoms with Crippen molar-refractivity contribution in [3.63, 3.8) is 0 Å². The lowest BCUT2D eigenvalue weighted by atomic mass is 10.3. The summed E-state index contributed by atoms with van der Waals surface area (Å²) in [5.41, 5.74) is 1.20. The first-order valence-corrected chi connectivity index (χ1v) is 7.00. The Morgan fingerprint density at radius 3 is 2.88 bits per heavy atom. The number of nitrogens with one attached hydrogen (secondary N) is 1. The van der Waals surface area contributed by atoms with Gasteiger partial charge < -0.3 is 10.1 Å². The Morgan fingerprint density at radius 1 is 1.29 bits per heavy atom. The number of nitrogens with zero attached hydrogens (tertiary/aromatic N) is 1. The molecule has 0 aliphatic heterocycles. The third-order valence-electron chi connectivity index (χ3n) is 2.38. The van der Waals surface area contributed by atoms with Crippen LogP contribution in [0.5, 0.6) is 0 Å². The number of hydrogen-bond acceptors (Lipinski definition) is 3. The number of aromatic nitrogens is 1. The van der Waals surface area contributed by atoms with Gasteiger partial charge in [-0.25, -0.2) is 0 Å². The fourth-order valence-corrected chi connectivity index (χ4v) is 1.85. The molecule has 1 aromatic heterocycles. The van der Waals surface area contributed by atoms with Crippen LogP contribution in [-0.2, 0) is 11.3 Å². The number of unbranched alkanes of at least 4 members (excludes halogenated alkanes) is 1. The third kappa shape index (κ3) is 7.47. The van der Waals surface area contributed by atoms with E-state index in [1.165, 1.54) is 12.0 Å². The molecule has 0 radical (unpaired) electrons. The van der Waals surface area contributed by atoms with Crippen molar-refractivity contribution in [1.82, 2.24) is 10.3 Å². The van der Waals surface area contributed by atoms with E-state index in [2.05, 4.69) is 39.2 Å². The van der Waals surface area contributed by atoms with Crippen molar-refractivity contribution in [2.75, 3.05) is 19.8 Å². The first-order chi connectivity index (χ1) is 8.33. The average Bonchev–Trinajstić information content (AvgIpc) is 2.33. The molecule has 0 saturated heterocycles. The Labute approximate surface area is 112 Å². The van der Waals surface area contributed by atoms with Gasteiger partial charge in [-0.3, -0.25) is 4.98 Å². The molecule has 96 valence electrons. The molecule has 0 fully saturated rings. The molecule has 17 heavy (non-hydrogen) atoms. The van der Waals surface area contributed by atoms with Gasteiger partial charge in [-0.2, -0.15) is 0 Å². The predicted molar refractivity (Wildman–Crippen MR) is 74.0 cm³/mol. The smallest absolute Gasteiger partial charge is 0.0478 e. The number of pyridine rings is 1. The van der Waals surface area contributed by atoms with Crippen molar-refractivity contribution in [3.8, 4) is 0 Å². The summed E-state index contributed by atoms with van der Waals surface area (Å²) in [6.45, 7) is 5.77. The van der Waals surface area contributed by atoms with E-state index in [9.17, 15) is 0 Å². The molecule has 0 saturated carbocycles. The van der Waals surface area contributed by atoms with Crippen LogP contribution in [0.2, 0.25) is 0 Å². The minimum Gasteiger partial charge on any atom is -0.381 e. The van der Waals surface area contributed by atoms with Crippen LogP contribution >= 0.6 is 15.9 Å². The molecule has 3 nitrogen and oxygen atoms in total. The number of hydrogen-bond donors (Lipinski definition) is 1. The quantitative estimate of drug-likeness (QED) is 0.712. The van der Waals surface area contributed by atoms with Gasteiger partial charge in [0, 0.05) is 36.6 Å². The largest absolute Gasteiger partial charge is 0.381 e. The third-order valence-corrected chi connectivity index (χ3v) is 2.81. The van der Waals surface area contributed by atoms with E-state index < -0.39 is 0 Å². The Kier molecular flexibility index (Phi) is 8.22. The summed E-state index contributed by atoms with van der Waals surface area (Å²) in [7, 11) is 0. The maximum Gasteiger partial charge on any atom is 0.0478 e. The normalized spacial score (nSPS) is 10.7. The summed E-state index contributed by atoms with van der Waals surface area (Å²) < 4.78 is 6.51. The first kappa shape index (κ1) is 14.6. The fourth-order valence-electron chi connectivity index (χ4n) is 1.43. The zero-order valence-electron chi connectivity index (χ0n) is 10.4. The van der Waals surface area contributed by atoms with Gasteiger partial charge in [0.1, 0.15) is 0 Å². The fraction of sp³-hybridized carbons (Fsp3) is 0.615. The number of halogens is 1. The van der Waals surface area contributed by atoms with Crippen LogP contribution in [0.15, 0.2) is 22.9 Å². The predicted octanol–water partition coefficient (Wildman–Crippen LogP) is 3.14. The minimum absolute atomic E-state index is 0.851. The van der Waals surface area contributed by atoms with E-state index in [0.717, 1.165) is 43.6 Å². The summed E-state index contributed by atoms with van der Waals surface area (Å²) in [6.07, 6.45) is 7.11.